The van der Waals surface area contributed by atoms with Gasteiger partial charge in [0.25, 0.3) is 5.91 Å². The number of hydrogen-bond donors (Lipinski definition) is 1. The van der Waals surface area contributed by atoms with E-state index in [9.17, 15) is 9.59 Å². The number of carbonyl (C=O) groups is 2. The lowest BCUT2D eigenvalue weighted by Gasteiger charge is -2.31. The van der Waals surface area contributed by atoms with Crippen LogP contribution in [0.15, 0.2) is 42.5 Å². The lowest BCUT2D eigenvalue weighted by atomic mass is 9.93. The summed E-state index contributed by atoms with van der Waals surface area (Å²) in [4.78, 5) is 24.7. The van der Waals surface area contributed by atoms with Gasteiger partial charge in [-0.2, -0.15) is 0 Å². The molecule has 1 N–H and O–H groups in total. The topological polar surface area (TPSA) is 64.6 Å². The summed E-state index contributed by atoms with van der Waals surface area (Å²) in [6, 6.07) is 12.0. The number of fused-ring (bicyclic) bond motifs is 1. The lowest BCUT2D eigenvalue weighted by molar-refractivity contribution is 0.0620. The SMILES string of the molecule is CCOc1ccc(C(=O)Nc2ccc3c(c2)C(=O)CC(C)(C)O3)cc1. The second kappa shape index (κ2) is 6.59. The van der Waals surface area contributed by atoms with E-state index in [0.717, 1.165) is 5.75 Å². The molecule has 0 aliphatic carbocycles. The number of amides is 1. The Morgan fingerprint density at radius 2 is 1.92 bits per heavy atom. The quantitative estimate of drug-likeness (QED) is 0.911. The van der Waals surface area contributed by atoms with Crippen molar-refractivity contribution in [3.8, 4) is 11.5 Å². The zero-order chi connectivity index (χ0) is 18.0. The zero-order valence-electron chi connectivity index (χ0n) is 14.6. The van der Waals surface area contributed by atoms with E-state index in [1.165, 1.54) is 0 Å². The van der Waals surface area contributed by atoms with Crippen LogP contribution in [0.4, 0.5) is 5.69 Å². The first kappa shape index (κ1) is 17.0. The summed E-state index contributed by atoms with van der Waals surface area (Å²) >= 11 is 0. The number of carbonyl (C=O) groups excluding carboxylic acids is 2. The van der Waals surface area contributed by atoms with Crippen molar-refractivity contribution < 1.29 is 19.1 Å². The van der Waals surface area contributed by atoms with E-state index in [1.807, 2.05) is 20.8 Å². The van der Waals surface area contributed by atoms with Crippen molar-refractivity contribution in [1.82, 2.24) is 0 Å². The van der Waals surface area contributed by atoms with Crippen molar-refractivity contribution in [2.45, 2.75) is 32.8 Å². The molecule has 0 atom stereocenters. The van der Waals surface area contributed by atoms with E-state index in [0.29, 0.717) is 35.6 Å². The van der Waals surface area contributed by atoms with Crippen molar-refractivity contribution in [2.75, 3.05) is 11.9 Å². The molecule has 1 aliphatic rings. The maximum atomic E-state index is 12.4. The standard InChI is InChI=1S/C20H21NO4/c1-4-24-15-8-5-13(6-9-15)19(23)21-14-7-10-18-16(11-14)17(22)12-20(2,3)25-18/h5-11H,4,12H2,1-3H3,(H,21,23). The lowest BCUT2D eigenvalue weighted by Crippen LogP contribution is -2.35. The Morgan fingerprint density at radius 1 is 1.20 bits per heavy atom. The van der Waals surface area contributed by atoms with E-state index >= 15 is 0 Å². The molecule has 1 heterocycles. The molecule has 0 saturated heterocycles. The maximum absolute atomic E-state index is 12.4. The van der Waals surface area contributed by atoms with Gasteiger partial charge >= 0.3 is 0 Å². The van der Waals surface area contributed by atoms with Gasteiger partial charge in [0.15, 0.2) is 5.78 Å². The van der Waals surface area contributed by atoms with Gasteiger partial charge in [-0.25, -0.2) is 0 Å². The summed E-state index contributed by atoms with van der Waals surface area (Å²) in [7, 11) is 0. The molecule has 0 saturated carbocycles. The average molecular weight is 339 g/mol. The van der Waals surface area contributed by atoms with E-state index in [4.69, 9.17) is 9.47 Å². The molecule has 2 aromatic rings. The number of anilines is 1. The van der Waals surface area contributed by atoms with Crippen LogP contribution >= 0.6 is 0 Å². The van der Waals surface area contributed by atoms with Crippen molar-refractivity contribution >= 4 is 17.4 Å². The highest BCUT2D eigenvalue weighted by molar-refractivity contribution is 6.06. The van der Waals surface area contributed by atoms with Gasteiger partial charge in [-0.1, -0.05) is 0 Å². The molecule has 0 aromatic heterocycles. The van der Waals surface area contributed by atoms with E-state index < -0.39 is 5.60 Å². The molecule has 25 heavy (non-hydrogen) atoms. The normalized spacial score (nSPS) is 15.1. The minimum Gasteiger partial charge on any atom is -0.494 e. The molecule has 130 valence electrons. The molecule has 0 radical (unpaired) electrons. The first-order valence-electron chi connectivity index (χ1n) is 8.28. The summed E-state index contributed by atoms with van der Waals surface area (Å²) in [5.74, 6) is 1.05. The largest absolute Gasteiger partial charge is 0.494 e. The third-order valence-electron chi connectivity index (χ3n) is 3.94. The third-order valence-corrected chi connectivity index (χ3v) is 3.94. The average Bonchev–Trinajstić information content (AvgIpc) is 2.55. The van der Waals surface area contributed by atoms with Crippen molar-refractivity contribution in [2.24, 2.45) is 0 Å². The predicted molar refractivity (Wildman–Crippen MR) is 95.7 cm³/mol. The first-order valence-corrected chi connectivity index (χ1v) is 8.28. The molecular weight excluding hydrogens is 318 g/mol. The van der Waals surface area contributed by atoms with Crippen LogP contribution in [0.5, 0.6) is 11.5 Å². The van der Waals surface area contributed by atoms with Crippen LogP contribution < -0.4 is 14.8 Å². The number of ether oxygens (including phenoxy) is 2. The second-order valence-corrected chi connectivity index (χ2v) is 6.58. The molecule has 0 fully saturated rings. The number of Topliss-reactive ketones (excluding diaryl/α,β-unsaturated/α-hetero) is 1. The molecule has 1 aliphatic heterocycles. The van der Waals surface area contributed by atoms with Gasteiger partial charge < -0.3 is 14.8 Å². The van der Waals surface area contributed by atoms with Crippen molar-refractivity contribution in [3.05, 3.63) is 53.6 Å². The summed E-state index contributed by atoms with van der Waals surface area (Å²) in [6.07, 6.45) is 0.316. The Bertz CT molecular complexity index is 809. The summed E-state index contributed by atoms with van der Waals surface area (Å²) in [5.41, 5.74) is 1.08. The maximum Gasteiger partial charge on any atom is 0.255 e. The van der Waals surface area contributed by atoms with Gasteiger partial charge in [-0.3, -0.25) is 9.59 Å². The van der Waals surface area contributed by atoms with E-state index in [1.54, 1.807) is 42.5 Å². The van der Waals surface area contributed by atoms with E-state index in [-0.39, 0.29) is 11.7 Å². The summed E-state index contributed by atoms with van der Waals surface area (Å²) in [6.45, 7) is 6.25. The molecule has 5 heteroatoms. The van der Waals surface area contributed by atoms with Gasteiger partial charge in [0, 0.05) is 11.3 Å². The molecule has 0 unspecified atom stereocenters. The number of rotatable bonds is 4. The molecule has 1 amide bonds. The van der Waals surface area contributed by atoms with Gasteiger partial charge in [-0.05, 0) is 63.2 Å². The highest BCUT2D eigenvalue weighted by Crippen LogP contribution is 2.34. The number of ketones is 1. The van der Waals surface area contributed by atoms with Gasteiger partial charge in [0.2, 0.25) is 0 Å². The van der Waals surface area contributed by atoms with E-state index in [2.05, 4.69) is 5.32 Å². The van der Waals surface area contributed by atoms with Crippen LogP contribution in [-0.2, 0) is 0 Å². The minimum atomic E-state index is -0.503. The van der Waals surface area contributed by atoms with Crippen molar-refractivity contribution in [3.63, 3.8) is 0 Å². The van der Waals surface area contributed by atoms with Crippen LogP contribution in [0.2, 0.25) is 0 Å². The number of hydrogen-bond acceptors (Lipinski definition) is 4. The van der Waals surface area contributed by atoms with Gasteiger partial charge in [0.1, 0.15) is 17.1 Å². The Kier molecular flexibility index (Phi) is 4.49. The Morgan fingerprint density at radius 3 is 2.60 bits per heavy atom. The predicted octanol–water partition coefficient (Wildman–Crippen LogP) is 4.08. The molecule has 2 aromatic carbocycles. The fourth-order valence-corrected chi connectivity index (χ4v) is 2.80. The third kappa shape index (κ3) is 3.82. The molecule has 3 rings (SSSR count). The molecular formula is C20H21NO4. The highest BCUT2D eigenvalue weighted by atomic mass is 16.5. The minimum absolute atomic E-state index is 0.0171. The van der Waals surface area contributed by atoms with Crippen LogP contribution in [0.25, 0.3) is 0 Å². The van der Waals surface area contributed by atoms with Gasteiger partial charge in [0.05, 0.1) is 18.6 Å². The summed E-state index contributed by atoms with van der Waals surface area (Å²) in [5, 5.41) is 2.81. The summed E-state index contributed by atoms with van der Waals surface area (Å²) < 4.78 is 11.2. The molecule has 0 bridgehead atoms. The van der Waals surface area contributed by atoms with Crippen LogP contribution in [0.1, 0.15) is 47.9 Å². The second-order valence-electron chi connectivity index (χ2n) is 6.58. The Hall–Kier alpha value is -2.82. The van der Waals surface area contributed by atoms with Gasteiger partial charge in [-0.15, -0.1) is 0 Å². The fourth-order valence-electron chi connectivity index (χ4n) is 2.80. The Labute approximate surface area is 147 Å². The van der Waals surface area contributed by atoms with Crippen molar-refractivity contribution in [1.29, 1.82) is 0 Å². The number of benzene rings is 2. The highest BCUT2D eigenvalue weighted by Gasteiger charge is 2.32. The monoisotopic (exact) mass is 339 g/mol. The fraction of sp³-hybridized carbons (Fsp3) is 0.300. The van der Waals surface area contributed by atoms with Crippen LogP contribution in [0, 0.1) is 0 Å². The first-order chi connectivity index (χ1) is 11.9. The van der Waals surface area contributed by atoms with Crippen LogP contribution in [0.3, 0.4) is 0 Å². The molecule has 5 nitrogen and oxygen atoms in total. The Balaban J connectivity index is 1.76. The van der Waals surface area contributed by atoms with Crippen LogP contribution in [-0.4, -0.2) is 23.9 Å². The molecule has 0 spiro atoms. The smallest absolute Gasteiger partial charge is 0.255 e. The number of nitrogens with one attached hydrogen (secondary N) is 1. The zero-order valence-corrected chi connectivity index (χ0v) is 14.6.